The molecule has 5 heteroatoms. The molecule has 0 radical (unpaired) electrons. The molecule has 1 N–H and O–H groups in total. The van der Waals surface area contributed by atoms with Gasteiger partial charge < -0.3 is 5.32 Å². The Balaban J connectivity index is 2.14. The lowest BCUT2D eigenvalue weighted by Gasteiger charge is -2.10. The van der Waals surface area contributed by atoms with E-state index in [1.807, 2.05) is 20.8 Å². The molecule has 1 aromatic heterocycles. The van der Waals surface area contributed by atoms with Crippen molar-refractivity contribution in [2.45, 2.75) is 33.2 Å². The molecule has 0 bridgehead atoms. The van der Waals surface area contributed by atoms with Gasteiger partial charge in [-0.25, -0.2) is 18.7 Å². The minimum atomic E-state index is -0.578. The Morgan fingerprint density at radius 2 is 1.90 bits per heavy atom. The van der Waals surface area contributed by atoms with Gasteiger partial charge in [0.05, 0.1) is 0 Å². The largest absolute Gasteiger partial charge is 0.366 e. The van der Waals surface area contributed by atoms with E-state index in [4.69, 9.17) is 0 Å². The highest BCUT2D eigenvalue weighted by Crippen LogP contribution is 2.15. The molecule has 0 aliphatic rings. The zero-order chi connectivity index (χ0) is 14.7. The first-order valence-electron chi connectivity index (χ1n) is 6.49. The van der Waals surface area contributed by atoms with E-state index in [9.17, 15) is 8.78 Å². The van der Waals surface area contributed by atoms with Gasteiger partial charge in [-0.3, -0.25) is 0 Å². The SMILES string of the molecule is Cc1cc(NCc2ccc(F)cc2F)nc(C(C)C)n1. The predicted octanol–water partition coefficient (Wildman–Crippen LogP) is 3.80. The van der Waals surface area contributed by atoms with Crippen LogP contribution in [-0.2, 0) is 6.54 Å². The van der Waals surface area contributed by atoms with E-state index in [1.54, 1.807) is 6.07 Å². The second-order valence-corrected chi connectivity index (χ2v) is 5.00. The number of hydrogen-bond acceptors (Lipinski definition) is 3. The quantitative estimate of drug-likeness (QED) is 0.923. The first-order valence-corrected chi connectivity index (χ1v) is 6.49. The van der Waals surface area contributed by atoms with Gasteiger partial charge in [0.25, 0.3) is 0 Å². The Labute approximate surface area is 117 Å². The van der Waals surface area contributed by atoms with Crippen LogP contribution in [0.5, 0.6) is 0 Å². The van der Waals surface area contributed by atoms with Crippen molar-refractivity contribution in [3.8, 4) is 0 Å². The van der Waals surface area contributed by atoms with E-state index in [-0.39, 0.29) is 12.5 Å². The molecule has 0 aliphatic carbocycles. The standard InChI is InChI=1S/C15H17F2N3/c1-9(2)15-19-10(3)6-14(20-15)18-8-11-4-5-12(16)7-13(11)17/h4-7,9H,8H2,1-3H3,(H,18,19,20). The summed E-state index contributed by atoms with van der Waals surface area (Å²) in [5.41, 5.74) is 1.25. The summed E-state index contributed by atoms with van der Waals surface area (Å²) in [5, 5.41) is 3.04. The fourth-order valence-corrected chi connectivity index (χ4v) is 1.79. The van der Waals surface area contributed by atoms with Crippen LogP contribution in [0.1, 0.15) is 36.8 Å². The summed E-state index contributed by atoms with van der Waals surface area (Å²) < 4.78 is 26.4. The van der Waals surface area contributed by atoms with Gasteiger partial charge >= 0.3 is 0 Å². The summed E-state index contributed by atoms with van der Waals surface area (Å²) in [6, 6.07) is 5.34. The van der Waals surface area contributed by atoms with Gasteiger partial charge in [0.2, 0.25) is 0 Å². The number of halogens is 2. The summed E-state index contributed by atoms with van der Waals surface area (Å²) in [6.45, 7) is 6.16. The number of nitrogens with zero attached hydrogens (tertiary/aromatic N) is 2. The van der Waals surface area contributed by atoms with E-state index >= 15 is 0 Å². The summed E-state index contributed by atoms with van der Waals surface area (Å²) >= 11 is 0. The van der Waals surface area contributed by atoms with Gasteiger partial charge in [0.15, 0.2) is 0 Å². The third kappa shape index (κ3) is 3.50. The van der Waals surface area contributed by atoms with Crippen LogP contribution >= 0.6 is 0 Å². The summed E-state index contributed by atoms with van der Waals surface area (Å²) in [4.78, 5) is 8.72. The van der Waals surface area contributed by atoms with Crippen molar-refractivity contribution in [2.75, 3.05) is 5.32 Å². The Morgan fingerprint density at radius 3 is 2.55 bits per heavy atom. The van der Waals surface area contributed by atoms with E-state index < -0.39 is 11.6 Å². The summed E-state index contributed by atoms with van der Waals surface area (Å²) in [6.07, 6.45) is 0. The monoisotopic (exact) mass is 277 g/mol. The van der Waals surface area contributed by atoms with Gasteiger partial charge in [-0.15, -0.1) is 0 Å². The van der Waals surface area contributed by atoms with Gasteiger partial charge in [-0.05, 0) is 13.0 Å². The molecule has 0 amide bonds. The fraction of sp³-hybridized carbons (Fsp3) is 0.333. The molecular formula is C15H17F2N3. The molecule has 3 nitrogen and oxygen atoms in total. The molecule has 0 fully saturated rings. The number of aromatic nitrogens is 2. The minimum absolute atomic E-state index is 0.220. The van der Waals surface area contributed by atoms with Gasteiger partial charge in [0.1, 0.15) is 23.3 Å². The Hall–Kier alpha value is -2.04. The molecule has 0 unspecified atom stereocenters. The lowest BCUT2D eigenvalue weighted by atomic mass is 10.2. The molecule has 0 atom stereocenters. The van der Waals surface area contributed by atoms with Crippen LogP contribution in [0.25, 0.3) is 0 Å². The number of rotatable bonds is 4. The molecule has 2 rings (SSSR count). The van der Waals surface area contributed by atoms with Crippen LogP contribution in [-0.4, -0.2) is 9.97 Å². The molecule has 1 heterocycles. The molecule has 0 saturated heterocycles. The average molecular weight is 277 g/mol. The van der Waals surface area contributed by atoms with E-state index in [2.05, 4.69) is 15.3 Å². The molecule has 106 valence electrons. The molecular weight excluding hydrogens is 260 g/mol. The van der Waals surface area contributed by atoms with Crippen molar-refractivity contribution in [3.63, 3.8) is 0 Å². The van der Waals surface area contributed by atoms with Crippen LogP contribution < -0.4 is 5.32 Å². The molecule has 1 aromatic carbocycles. The minimum Gasteiger partial charge on any atom is -0.366 e. The number of nitrogens with one attached hydrogen (secondary N) is 1. The second-order valence-electron chi connectivity index (χ2n) is 5.00. The molecule has 20 heavy (non-hydrogen) atoms. The van der Waals surface area contributed by atoms with Crippen LogP contribution in [0.3, 0.4) is 0 Å². The smallest absolute Gasteiger partial charge is 0.133 e. The molecule has 0 spiro atoms. The van der Waals surface area contributed by atoms with Gasteiger partial charge in [-0.1, -0.05) is 19.9 Å². The zero-order valence-corrected chi connectivity index (χ0v) is 11.7. The van der Waals surface area contributed by atoms with Crippen molar-refractivity contribution in [2.24, 2.45) is 0 Å². The van der Waals surface area contributed by atoms with E-state index in [1.165, 1.54) is 12.1 Å². The number of anilines is 1. The van der Waals surface area contributed by atoms with Crippen molar-refractivity contribution < 1.29 is 8.78 Å². The normalized spacial score (nSPS) is 10.9. The highest BCUT2D eigenvalue weighted by molar-refractivity contribution is 5.37. The average Bonchev–Trinajstić information content (AvgIpc) is 2.37. The highest BCUT2D eigenvalue weighted by Gasteiger charge is 2.07. The maximum absolute atomic E-state index is 13.5. The topological polar surface area (TPSA) is 37.8 Å². The Kier molecular flexibility index (Phi) is 4.27. The van der Waals surface area contributed by atoms with E-state index in [0.29, 0.717) is 11.4 Å². The van der Waals surface area contributed by atoms with Crippen LogP contribution in [0.4, 0.5) is 14.6 Å². The van der Waals surface area contributed by atoms with Crippen LogP contribution in [0.2, 0.25) is 0 Å². The van der Waals surface area contributed by atoms with Gasteiger partial charge in [-0.2, -0.15) is 0 Å². The third-order valence-electron chi connectivity index (χ3n) is 2.86. The maximum Gasteiger partial charge on any atom is 0.133 e. The Morgan fingerprint density at radius 1 is 1.15 bits per heavy atom. The van der Waals surface area contributed by atoms with Crippen molar-refractivity contribution in [1.29, 1.82) is 0 Å². The Bertz CT molecular complexity index is 612. The molecule has 0 aliphatic heterocycles. The van der Waals surface area contributed by atoms with Crippen molar-refractivity contribution in [3.05, 3.63) is 53.0 Å². The zero-order valence-electron chi connectivity index (χ0n) is 11.7. The number of hydrogen-bond donors (Lipinski definition) is 1. The lowest BCUT2D eigenvalue weighted by Crippen LogP contribution is -2.07. The predicted molar refractivity (Wildman–Crippen MR) is 74.5 cm³/mol. The fourth-order valence-electron chi connectivity index (χ4n) is 1.79. The van der Waals surface area contributed by atoms with Crippen LogP contribution in [0, 0.1) is 18.6 Å². The molecule has 2 aromatic rings. The number of benzene rings is 1. The third-order valence-corrected chi connectivity index (χ3v) is 2.86. The van der Waals surface area contributed by atoms with Crippen molar-refractivity contribution in [1.82, 2.24) is 9.97 Å². The van der Waals surface area contributed by atoms with Gasteiger partial charge in [0, 0.05) is 35.9 Å². The maximum atomic E-state index is 13.5. The van der Waals surface area contributed by atoms with Crippen LogP contribution in [0.15, 0.2) is 24.3 Å². The second kappa shape index (κ2) is 5.94. The molecule has 0 saturated carbocycles. The first kappa shape index (κ1) is 14.4. The summed E-state index contributed by atoms with van der Waals surface area (Å²) in [5.74, 6) is 0.466. The number of aryl methyl sites for hydroxylation is 1. The van der Waals surface area contributed by atoms with E-state index in [0.717, 1.165) is 17.6 Å². The van der Waals surface area contributed by atoms with Crippen molar-refractivity contribution >= 4 is 5.82 Å². The lowest BCUT2D eigenvalue weighted by molar-refractivity contribution is 0.574. The highest BCUT2D eigenvalue weighted by atomic mass is 19.1. The summed E-state index contributed by atoms with van der Waals surface area (Å²) in [7, 11) is 0. The first-order chi connectivity index (χ1) is 9.45.